The second kappa shape index (κ2) is 5.10. The van der Waals surface area contributed by atoms with Crippen LogP contribution in [0.5, 0.6) is 0 Å². The van der Waals surface area contributed by atoms with E-state index < -0.39 is 0 Å². The Balaban J connectivity index is 0.00000162. The minimum Gasteiger partial charge on any atom is -0.350 e. The normalized spacial score (nSPS) is 19.3. The predicted molar refractivity (Wildman–Crippen MR) is 73.7 cm³/mol. The number of hydrogen-bond acceptors (Lipinski definition) is 2. The van der Waals surface area contributed by atoms with Crippen LogP contribution in [0.4, 0.5) is 0 Å². The lowest BCUT2D eigenvalue weighted by Gasteiger charge is -2.11. The first-order valence-electron chi connectivity index (χ1n) is 5.49. The van der Waals surface area contributed by atoms with E-state index in [0.717, 1.165) is 5.56 Å². The van der Waals surface area contributed by atoms with Gasteiger partial charge >= 0.3 is 0 Å². The topological polar surface area (TPSA) is 32.3 Å². The molecule has 1 aliphatic rings. The molecule has 1 aromatic rings. The second-order valence-electron chi connectivity index (χ2n) is 3.93. The van der Waals surface area contributed by atoms with E-state index in [2.05, 4.69) is 11.9 Å². The molecule has 0 aliphatic carbocycles. The van der Waals surface area contributed by atoms with Gasteiger partial charge in [0.1, 0.15) is 6.04 Å². The highest BCUT2D eigenvalue weighted by Crippen LogP contribution is 2.12. The van der Waals surface area contributed by atoms with Crippen LogP contribution in [0.3, 0.4) is 0 Å². The van der Waals surface area contributed by atoms with Gasteiger partial charge in [-0.25, -0.2) is 0 Å². The third-order valence-electron chi connectivity index (χ3n) is 2.70. The van der Waals surface area contributed by atoms with E-state index >= 15 is 0 Å². The summed E-state index contributed by atoms with van der Waals surface area (Å²) >= 11 is 5.12. The van der Waals surface area contributed by atoms with Gasteiger partial charge in [-0.1, -0.05) is 36.4 Å². The second-order valence-corrected chi connectivity index (χ2v) is 4.32. The molecule has 3 nitrogen and oxygen atoms in total. The molecule has 1 unspecified atom stereocenters. The molecule has 1 saturated heterocycles. The third kappa shape index (κ3) is 2.53. The van der Waals surface area contributed by atoms with Crippen molar-refractivity contribution in [3.05, 3.63) is 48.6 Å². The SMILES string of the molecule is C=CCN1C(=O)C(Cc2ccccc2)NC1=S.[HH]. The molecule has 0 saturated carbocycles. The van der Waals surface area contributed by atoms with Crippen LogP contribution in [-0.2, 0) is 11.2 Å². The quantitative estimate of drug-likeness (QED) is 0.651. The van der Waals surface area contributed by atoms with Gasteiger partial charge in [0.25, 0.3) is 5.91 Å². The lowest BCUT2D eigenvalue weighted by molar-refractivity contribution is -0.126. The smallest absolute Gasteiger partial charge is 0.251 e. The van der Waals surface area contributed by atoms with Crippen molar-refractivity contribution < 1.29 is 6.22 Å². The maximum absolute atomic E-state index is 12.0. The van der Waals surface area contributed by atoms with Crippen molar-refractivity contribution in [1.82, 2.24) is 10.2 Å². The molecule has 1 amide bonds. The first-order chi connectivity index (χ1) is 8.22. The highest BCUT2D eigenvalue weighted by Gasteiger charge is 2.34. The summed E-state index contributed by atoms with van der Waals surface area (Å²) in [5, 5.41) is 3.54. The molecule has 90 valence electrons. The van der Waals surface area contributed by atoms with Gasteiger partial charge in [0.2, 0.25) is 0 Å². The fourth-order valence-corrected chi connectivity index (χ4v) is 2.17. The van der Waals surface area contributed by atoms with E-state index in [1.165, 1.54) is 0 Å². The third-order valence-corrected chi connectivity index (χ3v) is 3.04. The Morgan fingerprint density at radius 2 is 2.18 bits per heavy atom. The van der Waals surface area contributed by atoms with Crippen LogP contribution >= 0.6 is 12.2 Å². The van der Waals surface area contributed by atoms with Crippen LogP contribution < -0.4 is 5.32 Å². The Hall–Kier alpha value is -1.68. The number of benzene rings is 1. The number of carbonyl (C=O) groups is 1. The van der Waals surface area contributed by atoms with E-state index in [0.29, 0.717) is 18.1 Å². The van der Waals surface area contributed by atoms with Crippen molar-refractivity contribution in [2.45, 2.75) is 12.5 Å². The summed E-state index contributed by atoms with van der Waals surface area (Å²) in [6.45, 7) is 4.09. The Kier molecular flexibility index (Phi) is 3.54. The van der Waals surface area contributed by atoms with Gasteiger partial charge < -0.3 is 5.32 Å². The number of rotatable bonds is 4. The van der Waals surface area contributed by atoms with Crippen LogP contribution in [0.15, 0.2) is 43.0 Å². The van der Waals surface area contributed by atoms with Gasteiger partial charge in [-0.2, -0.15) is 0 Å². The number of hydrogen-bond donors (Lipinski definition) is 1. The van der Waals surface area contributed by atoms with Crippen LogP contribution in [0.2, 0.25) is 0 Å². The molecule has 2 rings (SSSR count). The van der Waals surface area contributed by atoms with E-state index in [9.17, 15) is 4.79 Å². The Morgan fingerprint density at radius 3 is 2.82 bits per heavy atom. The Labute approximate surface area is 108 Å². The van der Waals surface area contributed by atoms with Crippen molar-refractivity contribution >= 4 is 23.2 Å². The lowest BCUT2D eigenvalue weighted by atomic mass is 10.1. The summed E-state index contributed by atoms with van der Waals surface area (Å²) in [4.78, 5) is 13.6. The molecule has 1 aliphatic heterocycles. The summed E-state index contributed by atoms with van der Waals surface area (Å²) < 4.78 is 0. The lowest BCUT2D eigenvalue weighted by Crippen LogP contribution is -2.32. The summed E-state index contributed by atoms with van der Waals surface area (Å²) in [6.07, 6.45) is 2.34. The molecule has 1 N–H and O–H groups in total. The van der Waals surface area contributed by atoms with Crippen LogP contribution in [-0.4, -0.2) is 28.5 Å². The minimum atomic E-state index is -0.246. The Morgan fingerprint density at radius 1 is 1.47 bits per heavy atom. The first-order valence-corrected chi connectivity index (χ1v) is 5.90. The summed E-state index contributed by atoms with van der Waals surface area (Å²) in [5.41, 5.74) is 1.13. The van der Waals surface area contributed by atoms with Gasteiger partial charge in [-0.3, -0.25) is 9.69 Å². The zero-order valence-electron chi connectivity index (χ0n) is 9.43. The Bertz CT molecular complexity index is 450. The van der Waals surface area contributed by atoms with Gasteiger partial charge in [-0.15, -0.1) is 6.58 Å². The van der Waals surface area contributed by atoms with Crippen LogP contribution in [0.1, 0.15) is 6.99 Å². The molecule has 0 spiro atoms. The zero-order valence-corrected chi connectivity index (χ0v) is 10.2. The standard InChI is InChI=1S/C13H14N2OS.H2/c1-2-8-15-12(16)11(14-13(15)17)9-10-6-4-3-5-7-10;/h2-7,11H,1,8-9H2,(H,14,17);1H. The van der Waals surface area contributed by atoms with E-state index in [1.54, 1.807) is 11.0 Å². The van der Waals surface area contributed by atoms with Gasteiger partial charge in [0.05, 0.1) is 0 Å². The highest BCUT2D eigenvalue weighted by molar-refractivity contribution is 7.80. The van der Waals surface area contributed by atoms with E-state index in [4.69, 9.17) is 12.2 Å². The summed E-state index contributed by atoms with van der Waals surface area (Å²) in [7, 11) is 0. The van der Waals surface area contributed by atoms with Crippen molar-refractivity contribution in [1.29, 1.82) is 0 Å². The van der Waals surface area contributed by atoms with Crippen LogP contribution in [0, 0.1) is 0 Å². The number of carbonyl (C=O) groups excluding carboxylic acids is 1. The largest absolute Gasteiger partial charge is 0.350 e. The summed E-state index contributed by atoms with van der Waals surface area (Å²) in [6, 6.07) is 9.66. The fourth-order valence-electron chi connectivity index (χ4n) is 1.87. The average Bonchev–Trinajstić information content (AvgIpc) is 2.59. The number of thiocarbonyl (C=S) groups is 1. The molecule has 1 atom stereocenters. The van der Waals surface area contributed by atoms with Crippen molar-refractivity contribution in [2.75, 3.05) is 6.54 Å². The minimum absolute atomic E-state index is 0. The number of nitrogens with zero attached hydrogens (tertiary/aromatic N) is 1. The molecule has 1 aromatic carbocycles. The van der Waals surface area contributed by atoms with Crippen molar-refractivity contribution in [3.8, 4) is 0 Å². The van der Waals surface area contributed by atoms with E-state index in [-0.39, 0.29) is 13.4 Å². The monoisotopic (exact) mass is 248 g/mol. The van der Waals surface area contributed by atoms with Crippen molar-refractivity contribution in [2.24, 2.45) is 0 Å². The molecule has 4 heteroatoms. The molecule has 0 radical (unpaired) electrons. The first kappa shape index (κ1) is 11.8. The average molecular weight is 248 g/mol. The number of nitrogens with one attached hydrogen (secondary N) is 1. The predicted octanol–water partition coefficient (Wildman–Crippen LogP) is 1.75. The molecule has 1 fully saturated rings. The molecule has 0 aromatic heterocycles. The molecule has 1 heterocycles. The molecule has 17 heavy (non-hydrogen) atoms. The highest BCUT2D eigenvalue weighted by atomic mass is 32.1. The molecular weight excluding hydrogens is 232 g/mol. The van der Waals surface area contributed by atoms with Gasteiger partial charge in [0, 0.05) is 14.4 Å². The zero-order chi connectivity index (χ0) is 12.3. The molecular formula is C13H16N2OS. The van der Waals surface area contributed by atoms with Gasteiger partial charge in [0.15, 0.2) is 5.11 Å². The van der Waals surface area contributed by atoms with Gasteiger partial charge in [-0.05, 0) is 17.8 Å². The van der Waals surface area contributed by atoms with Crippen molar-refractivity contribution in [3.63, 3.8) is 0 Å². The maximum atomic E-state index is 12.0. The fraction of sp³-hybridized carbons (Fsp3) is 0.231. The molecule has 0 bridgehead atoms. The summed E-state index contributed by atoms with van der Waals surface area (Å²) in [5.74, 6) is 0.0266. The number of amides is 1. The maximum Gasteiger partial charge on any atom is 0.251 e. The van der Waals surface area contributed by atoms with Crippen LogP contribution in [0.25, 0.3) is 0 Å². The van der Waals surface area contributed by atoms with E-state index in [1.807, 2.05) is 30.3 Å².